The number of hydrogen-bond acceptors (Lipinski definition) is 3. The smallest absolute Gasteiger partial charge is 0.165 e. The first-order valence-corrected chi connectivity index (χ1v) is 6.88. The van der Waals surface area contributed by atoms with Crippen LogP contribution in [0.3, 0.4) is 0 Å². The highest BCUT2D eigenvalue weighted by atomic mass is 19.1. The van der Waals surface area contributed by atoms with E-state index in [0.717, 1.165) is 12.2 Å². The van der Waals surface area contributed by atoms with E-state index in [0.29, 0.717) is 12.0 Å². The lowest BCUT2D eigenvalue weighted by Gasteiger charge is -2.34. The minimum absolute atomic E-state index is 0.290. The number of likely N-dealkylation sites (tertiary alicyclic amines) is 1. The average Bonchev–Trinajstić information content (AvgIpc) is 2.41. The van der Waals surface area contributed by atoms with Gasteiger partial charge >= 0.3 is 0 Å². The Bertz CT molecular complexity index is 425. The third kappa shape index (κ3) is 3.60. The minimum Gasteiger partial charge on any atom is -0.494 e. The summed E-state index contributed by atoms with van der Waals surface area (Å²) < 4.78 is 18.4. The first-order chi connectivity index (χ1) is 9.10. The Morgan fingerprint density at radius 2 is 2.26 bits per heavy atom. The fourth-order valence-corrected chi connectivity index (χ4v) is 2.74. The predicted octanol–water partition coefficient (Wildman–Crippen LogP) is 2.98. The Morgan fingerprint density at radius 3 is 2.95 bits per heavy atom. The molecule has 0 radical (unpaired) electrons. The molecule has 1 aromatic carbocycles. The number of anilines is 1. The summed E-state index contributed by atoms with van der Waals surface area (Å²) in [5, 5.41) is 3.46. The highest BCUT2D eigenvalue weighted by Gasteiger charge is 2.22. The molecule has 0 bridgehead atoms. The summed E-state index contributed by atoms with van der Waals surface area (Å²) in [6.45, 7) is 4.50. The summed E-state index contributed by atoms with van der Waals surface area (Å²) in [4.78, 5) is 2.37. The van der Waals surface area contributed by atoms with Gasteiger partial charge in [-0.1, -0.05) is 0 Å². The molecule has 1 aliphatic heterocycles. The summed E-state index contributed by atoms with van der Waals surface area (Å²) in [6.07, 6.45) is 2.50. The molecule has 2 rings (SSSR count). The standard InChI is InChI=1S/C15H23FN2O/c1-11(12-5-4-8-18(2)10-12)17-13-6-7-14(16)15(9-13)19-3/h6-7,9,11-12,17H,4-5,8,10H2,1-3H3. The van der Waals surface area contributed by atoms with Gasteiger partial charge in [-0.05, 0) is 51.4 Å². The third-order valence-electron chi connectivity index (χ3n) is 3.91. The van der Waals surface area contributed by atoms with Crippen molar-refractivity contribution in [1.82, 2.24) is 4.90 Å². The van der Waals surface area contributed by atoms with Crippen LogP contribution in [-0.2, 0) is 0 Å². The zero-order valence-electron chi connectivity index (χ0n) is 11.9. The number of nitrogens with zero attached hydrogens (tertiary/aromatic N) is 1. The van der Waals surface area contributed by atoms with Gasteiger partial charge in [-0.15, -0.1) is 0 Å². The lowest BCUT2D eigenvalue weighted by Crippen LogP contribution is -2.39. The van der Waals surface area contributed by atoms with Crippen LogP contribution in [-0.4, -0.2) is 38.2 Å². The van der Waals surface area contributed by atoms with Crippen molar-refractivity contribution in [2.75, 3.05) is 32.6 Å². The molecule has 1 aliphatic rings. The van der Waals surface area contributed by atoms with Gasteiger partial charge in [0, 0.05) is 24.3 Å². The quantitative estimate of drug-likeness (QED) is 0.906. The van der Waals surface area contributed by atoms with Crippen molar-refractivity contribution >= 4 is 5.69 Å². The van der Waals surface area contributed by atoms with Crippen molar-refractivity contribution in [3.8, 4) is 5.75 Å². The van der Waals surface area contributed by atoms with E-state index < -0.39 is 0 Å². The normalized spacial score (nSPS) is 22.0. The van der Waals surface area contributed by atoms with Gasteiger partial charge in [-0.3, -0.25) is 0 Å². The van der Waals surface area contributed by atoms with Crippen molar-refractivity contribution < 1.29 is 9.13 Å². The van der Waals surface area contributed by atoms with Gasteiger partial charge in [0.1, 0.15) is 0 Å². The van der Waals surface area contributed by atoms with Gasteiger partial charge in [-0.25, -0.2) is 4.39 Å². The van der Waals surface area contributed by atoms with Crippen LogP contribution in [0.25, 0.3) is 0 Å². The Hall–Kier alpha value is -1.29. The van der Waals surface area contributed by atoms with E-state index in [4.69, 9.17) is 4.74 Å². The van der Waals surface area contributed by atoms with Gasteiger partial charge in [-0.2, -0.15) is 0 Å². The van der Waals surface area contributed by atoms with Crippen molar-refractivity contribution in [3.05, 3.63) is 24.0 Å². The Labute approximate surface area is 114 Å². The molecule has 1 aromatic rings. The molecular weight excluding hydrogens is 243 g/mol. The second-order valence-corrected chi connectivity index (χ2v) is 5.45. The second-order valence-electron chi connectivity index (χ2n) is 5.45. The third-order valence-corrected chi connectivity index (χ3v) is 3.91. The lowest BCUT2D eigenvalue weighted by atomic mass is 9.92. The summed E-state index contributed by atoms with van der Waals surface area (Å²) in [6, 6.07) is 5.30. The van der Waals surface area contributed by atoms with E-state index in [-0.39, 0.29) is 11.6 Å². The average molecular weight is 266 g/mol. The largest absolute Gasteiger partial charge is 0.494 e. The molecule has 106 valence electrons. The molecular formula is C15H23FN2O. The van der Waals surface area contributed by atoms with Crippen LogP contribution in [0.5, 0.6) is 5.75 Å². The maximum atomic E-state index is 13.4. The van der Waals surface area contributed by atoms with Crippen LogP contribution in [0.2, 0.25) is 0 Å². The van der Waals surface area contributed by atoms with Crippen molar-refractivity contribution in [1.29, 1.82) is 0 Å². The highest BCUT2D eigenvalue weighted by Crippen LogP contribution is 2.25. The van der Waals surface area contributed by atoms with Crippen LogP contribution in [0.15, 0.2) is 18.2 Å². The number of ether oxygens (including phenoxy) is 1. The summed E-state index contributed by atoms with van der Waals surface area (Å²) in [5.41, 5.74) is 0.916. The Balaban J connectivity index is 1.99. The summed E-state index contributed by atoms with van der Waals surface area (Å²) >= 11 is 0. The number of methoxy groups -OCH3 is 1. The second kappa shape index (κ2) is 6.24. The van der Waals surface area contributed by atoms with Crippen LogP contribution in [0, 0.1) is 11.7 Å². The predicted molar refractivity (Wildman–Crippen MR) is 76.3 cm³/mol. The van der Waals surface area contributed by atoms with Crippen LogP contribution >= 0.6 is 0 Å². The molecule has 1 N–H and O–H groups in total. The molecule has 0 amide bonds. The van der Waals surface area contributed by atoms with Crippen LogP contribution < -0.4 is 10.1 Å². The molecule has 0 saturated carbocycles. The van der Waals surface area contributed by atoms with Crippen molar-refractivity contribution in [2.24, 2.45) is 5.92 Å². The van der Waals surface area contributed by atoms with Gasteiger partial charge in [0.2, 0.25) is 0 Å². The monoisotopic (exact) mass is 266 g/mol. The Morgan fingerprint density at radius 1 is 1.47 bits per heavy atom. The molecule has 0 aliphatic carbocycles. The number of piperidine rings is 1. The molecule has 1 heterocycles. The first kappa shape index (κ1) is 14.1. The molecule has 19 heavy (non-hydrogen) atoms. The van der Waals surface area contributed by atoms with E-state index in [1.165, 1.54) is 32.6 Å². The fraction of sp³-hybridized carbons (Fsp3) is 0.600. The van der Waals surface area contributed by atoms with Crippen LogP contribution in [0.1, 0.15) is 19.8 Å². The highest BCUT2D eigenvalue weighted by molar-refractivity contribution is 5.49. The molecule has 2 atom stereocenters. The van der Waals surface area contributed by atoms with E-state index in [9.17, 15) is 4.39 Å². The van der Waals surface area contributed by atoms with Gasteiger partial charge in [0.05, 0.1) is 7.11 Å². The maximum absolute atomic E-state index is 13.4. The van der Waals surface area contributed by atoms with Gasteiger partial charge < -0.3 is 15.0 Å². The minimum atomic E-state index is -0.321. The summed E-state index contributed by atoms with van der Waals surface area (Å²) in [5.74, 6) is 0.603. The Kier molecular flexibility index (Phi) is 4.64. The first-order valence-electron chi connectivity index (χ1n) is 6.88. The topological polar surface area (TPSA) is 24.5 Å². The van der Waals surface area contributed by atoms with Gasteiger partial charge in [0.25, 0.3) is 0 Å². The van der Waals surface area contributed by atoms with E-state index >= 15 is 0 Å². The van der Waals surface area contributed by atoms with E-state index in [2.05, 4.69) is 24.2 Å². The molecule has 2 unspecified atom stereocenters. The zero-order chi connectivity index (χ0) is 13.8. The SMILES string of the molecule is COc1cc(NC(C)C2CCCN(C)C2)ccc1F. The number of rotatable bonds is 4. The zero-order valence-corrected chi connectivity index (χ0v) is 11.9. The molecule has 0 spiro atoms. The van der Waals surface area contributed by atoms with Crippen molar-refractivity contribution in [3.63, 3.8) is 0 Å². The number of halogens is 1. The molecule has 0 aromatic heterocycles. The summed E-state index contributed by atoms with van der Waals surface area (Å²) in [7, 11) is 3.65. The molecule has 1 fully saturated rings. The van der Waals surface area contributed by atoms with Gasteiger partial charge in [0.15, 0.2) is 11.6 Å². The van der Waals surface area contributed by atoms with Crippen molar-refractivity contribution in [2.45, 2.75) is 25.8 Å². The maximum Gasteiger partial charge on any atom is 0.165 e. The van der Waals surface area contributed by atoms with E-state index in [1.807, 2.05) is 0 Å². The number of benzene rings is 1. The fourth-order valence-electron chi connectivity index (χ4n) is 2.74. The lowest BCUT2D eigenvalue weighted by molar-refractivity contribution is 0.197. The molecule has 3 nitrogen and oxygen atoms in total. The molecule has 1 saturated heterocycles. The number of nitrogens with one attached hydrogen (secondary N) is 1. The van der Waals surface area contributed by atoms with E-state index in [1.54, 1.807) is 12.1 Å². The molecule has 4 heteroatoms. The van der Waals surface area contributed by atoms with Crippen LogP contribution in [0.4, 0.5) is 10.1 Å². The number of hydrogen-bond donors (Lipinski definition) is 1.